The summed E-state index contributed by atoms with van der Waals surface area (Å²) in [7, 11) is 0. The molecule has 1 aromatic carbocycles. The summed E-state index contributed by atoms with van der Waals surface area (Å²) in [5.74, 6) is 0.382. The van der Waals surface area contributed by atoms with Crippen LogP contribution in [0.4, 0.5) is 0 Å². The molecule has 0 aliphatic carbocycles. The molecule has 0 saturated heterocycles. The van der Waals surface area contributed by atoms with Crippen molar-refractivity contribution in [3.63, 3.8) is 0 Å². The summed E-state index contributed by atoms with van der Waals surface area (Å²) < 4.78 is 5.29. The van der Waals surface area contributed by atoms with Gasteiger partial charge in [-0.15, -0.1) is 0 Å². The van der Waals surface area contributed by atoms with Gasteiger partial charge in [0.2, 0.25) is 0 Å². The summed E-state index contributed by atoms with van der Waals surface area (Å²) >= 11 is 5.89. The Morgan fingerprint density at radius 1 is 1.47 bits per heavy atom. The van der Waals surface area contributed by atoms with Crippen molar-refractivity contribution in [2.75, 3.05) is 13.2 Å². The number of hydrogen-bond donors (Lipinski definition) is 1. The van der Waals surface area contributed by atoms with Gasteiger partial charge in [0, 0.05) is 6.54 Å². The average Bonchev–Trinajstić information content (AvgIpc) is 2.34. The first-order valence-corrected chi connectivity index (χ1v) is 5.87. The third-order valence-corrected chi connectivity index (χ3v) is 2.38. The molecule has 0 saturated carbocycles. The zero-order valence-electron chi connectivity index (χ0n) is 9.78. The van der Waals surface area contributed by atoms with Crippen LogP contribution < -0.4 is 10.1 Å². The van der Waals surface area contributed by atoms with Gasteiger partial charge >= 0.3 is 0 Å². The van der Waals surface area contributed by atoms with Gasteiger partial charge in [-0.3, -0.25) is 4.79 Å². The number of amides is 1. The molecule has 4 heteroatoms. The maximum absolute atomic E-state index is 11.4. The Balaban J connectivity index is 2.26. The molecule has 0 fully saturated rings. The number of nitrogens with one attached hydrogen (secondary N) is 1. The minimum atomic E-state index is -0.144. The Hall–Kier alpha value is -1.48. The van der Waals surface area contributed by atoms with Gasteiger partial charge in [0.1, 0.15) is 5.75 Å². The lowest BCUT2D eigenvalue weighted by atomic mass is 10.3. The largest absolute Gasteiger partial charge is 0.482 e. The van der Waals surface area contributed by atoms with E-state index in [1.807, 2.05) is 31.2 Å². The van der Waals surface area contributed by atoms with E-state index < -0.39 is 0 Å². The number of carbonyl (C=O) groups excluding carboxylic acids is 1. The molecule has 0 bridgehead atoms. The summed E-state index contributed by atoms with van der Waals surface area (Å²) in [6.45, 7) is 2.55. The van der Waals surface area contributed by atoms with Gasteiger partial charge in [0.25, 0.3) is 5.91 Å². The fraction of sp³-hybridized carbons (Fsp3) is 0.308. The second kappa shape index (κ2) is 7.74. The molecule has 1 aromatic rings. The van der Waals surface area contributed by atoms with Crippen LogP contribution in [0, 0.1) is 0 Å². The number of hydrogen-bond acceptors (Lipinski definition) is 2. The van der Waals surface area contributed by atoms with Crippen LogP contribution in [0.3, 0.4) is 0 Å². The maximum Gasteiger partial charge on any atom is 0.257 e. The molecule has 0 radical (unpaired) electrons. The van der Waals surface area contributed by atoms with Gasteiger partial charge in [-0.2, -0.15) is 0 Å². The Bertz CT molecular complexity index is 391. The lowest BCUT2D eigenvalue weighted by Crippen LogP contribution is -2.29. The molecular formula is C13H16ClNO2. The van der Waals surface area contributed by atoms with Crippen molar-refractivity contribution < 1.29 is 9.53 Å². The van der Waals surface area contributed by atoms with Crippen molar-refractivity contribution in [1.29, 1.82) is 0 Å². The average molecular weight is 254 g/mol. The third-order valence-electron chi connectivity index (χ3n) is 2.06. The van der Waals surface area contributed by atoms with Crippen LogP contribution in [-0.4, -0.2) is 19.1 Å². The summed E-state index contributed by atoms with van der Waals surface area (Å²) in [5, 5.41) is 3.26. The van der Waals surface area contributed by atoms with Gasteiger partial charge in [0.05, 0.1) is 5.02 Å². The molecule has 0 spiro atoms. The van der Waals surface area contributed by atoms with Crippen LogP contribution in [0.2, 0.25) is 5.02 Å². The van der Waals surface area contributed by atoms with E-state index in [0.717, 1.165) is 6.42 Å². The number of para-hydroxylation sites is 1. The smallest absolute Gasteiger partial charge is 0.257 e. The standard InChI is InChI=1S/C13H16ClNO2/c1-2-3-6-9-15-13(16)10-17-12-8-5-4-7-11(12)14/h2-5,7-8H,6,9-10H2,1H3,(H,15,16)/b3-2+. The predicted molar refractivity (Wildman–Crippen MR) is 69.4 cm³/mol. The number of ether oxygens (including phenoxy) is 1. The van der Waals surface area contributed by atoms with Gasteiger partial charge in [-0.25, -0.2) is 0 Å². The minimum absolute atomic E-state index is 0.0143. The van der Waals surface area contributed by atoms with Crippen LogP contribution >= 0.6 is 11.6 Å². The van der Waals surface area contributed by atoms with E-state index >= 15 is 0 Å². The number of rotatable bonds is 6. The van der Waals surface area contributed by atoms with E-state index in [9.17, 15) is 4.79 Å². The molecular weight excluding hydrogens is 238 g/mol. The number of halogens is 1. The first-order chi connectivity index (χ1) is 8.24. The van der Waals surface area contributed by atoms with Crippen LogP contribution in [0.5, 0.6) is 5.75 Å². The normalized spacial score (nSPS) is 10.5. The summed E-state index contributed by atoms with van der Waals surface area (Å²) in [6, 6.07) is 7.08. The fourth-order valence-corrected chi connectivity index (χ4v) is 1.41. The predicted octanol–water partition coefficient (Wildman–Crippen LogP) is 2.80. The van der Waals surface area contributed by atoms with Gasteiger partial charge in [-0.05, 0) is 25.5 Å². The van der Waals surface area contributed by atoms with Crippen LogP contribution in [0.1, 0.15) is 13.3 Å². The third kappa shape index (κ3) is 5.41. The Morgan fingerprint density at radius 2 is 2.24 bits per heavy atom. The second-order valence-electron chi connectivity index (χ2n) is 3.43. The lowest BCUT2D eigenvalue weighted by Gasteiger charge is -2.07. The highest BCUT2D eigenvalue weighted by molar-refractivity contribution is 6.32. The van der Waals surface area contributed by atoms with E-state index in [0.29, 0.717) is 17.3 Å². The van der Waals surface area contributed by atoms with Crippen molar-refractivity contribution in [1.82, 2.24) is 5.32 Å². The van der Waals surface area contributed by atoms with E-state index in [4.69, 9.17) is 16.3 Å². The molecule has 1 rings (SSSR count). The Morgan fingerprint density at radius 3 is 2.94 bits per heavy atom. The van der Waals surface area contributed by atoms with E-state index in [2.05, 4.69) is 5.32 Å². The number of carbonyl (C=O) groups is 1. The number of benzene rings is 1. The highest BCUT2D eigenvalue weighted by atomic mass is 35.5. The highest BCUT2D eigenvalue weighted by Gasteiger charge is 2.03. The molecule has 3 nitrogen and oxygen atoms in total. The zero-order chi connectivity index (χ0) is 12.5. The Labute approximate surface area is 106 Å². The molecule has 0 aliphatic heterocycles. The molecule has 92 valence electrons. The molecule has 17 heavy (non-hydrogen) atoms. The second-order valence-corrected chi connectivity index (χ2v) is 3.83. The monoisotopic (exact) mass is 253 g/mol. The molecule has 0 heterocycles. The molecule has 1 N–H and O–H groups in total. The first-order valence-electron chi connectivity index (χ1n) is 5.49. The van der Waals surface area contributed by atoms with Crippen molar-refractivity contribution in [3.05, 3.63) is 41.4 Å². The SMILES string of the molecule is C/C=C/CCNC(=O)COc1ccccc1Cl. The quantitative estimate of drug-likeness (QED) is 0.625. The van der Waals surface area contributed by atoms with Gasteiger partial charge in [0.15, 0.2) is 6.61 Å². The van der Waals surface area contributed by atoms with Crippen LogP contribution in [0.25, 0.3) is 0 Å². The molecule has 0 aromatic heterocycles. The summed E-state index contributed by atoms with van der Waals surface area (Å²) in [4.78, 5) is 11.4. The topological polar surface area (TPSA) is 38.3 Å². The lowest BCUT2D eigenvalue weighted by molar-refractivity contribution is -0.123. The highest BCUT2D eigenvalue weighted by Crippen LogP contribution is 2.22. The van der Waals surface area contributed by atoms with E-state index in [1.165, 1.54) is 0 Å². The van der Waals surface area contributed by atoms with Gasteiger partial charge in [-0.1, -0.05) is 35.9 Å². The molecule has 1 amide bonds. The van der Waals surface area contributed by atoms with Crippen LogP contribution in [-0.2, 0) is 4.79 Å². The Kier molecular flexibility index (Phi) is 6.18. The van der Waals surface area contributed by atoms with Crippen molar-refractivity contribution in [2.45, 2.75) is 13.3 Å². The van der Waals surface area contributed by atoms with E-state index in [-0.39, 0.29) is 12.5 Å². The number of allylic oxidation sites excluding steroid dienone is 1. The van der Waals surface area contributed by atoms with E-state index in [1.54, 1.807) is 12.1 Å². The maximum atomic E-state index is 11.4. The zero-order valence-corrected chi connectivity index (χ0v) is 10.5. The summed E-state index contributed by atoms with van der Waals surface area (Å²) in [6.07, 6.45) is 4.77. The molecule has 0 atom stereocenters. The van der Waals surface area contributed by atoms with Crippen molar-refractivity contribution in [2.24, 2.45) is 0 Å². The van der Waals surface area contributed by atoms with Gasteiger partial charge < -0.3 is 10.1 Å². The van der Waals surface area contributed by atoms with Crippen molar-refractivity contribution >= 4 is 17.5 Å². The fourth-order valence-electron chi connectivity index (χ4n) is 1.22. The minimum Gasteiger partial charge on any atom is -0.482 e. The summed E-state index contributed by atoms with van der Waals surface area (Å²) in [5.41, 5.74) is 0. The van der Waals surface area contributed by atoms with Crippen LogP contribution in [0.15, 0.2) is 36.4 Å². The van der Waals surface area contributed by atoms with Crippen molar-refractivity contribution in [3.8, 4) is 5.75 Å². The molecule has 0 unspecified atom stereocenters. The first kappa shape index (κ1) is 13.6. The molecule has 0 aliphatic rings.